The summed E-state index contributed by atoms with van der Waals surface area (Å²) in [4.78, 5) is 19.2. The van der Waals surface area contributed by atoms with Gasteiger partial charge in [0.05, 0.1) is 12.0 Å². The first-order valence-electron chi connectivity index (χ1n) is 12.8. The van der Waals surface area contributed by atoms with Gasteiger partial charge in [0.1, 0.15) is 11.6 Å². The molecule has 3 unspecified atom stereocenters. The van der Waals surface area contributed by atoms with Crippen LogP contribution in [0.4, 0.5) is 19.1 Å². The third kappa shape index (κ3) is 6.80. The molecule has 42 heavy (non-hydrogen) atoms. The van der Waals surface area contributed by atoms with E-state index < -0.39 is 24.3 Å². The van der Waals surface area contributed by atoms with E-state index in [9.17, 15) is 18.0 Å². The maximum Gasteiger partial charge on any atom is 0.429 e. The molecule has 222 valence electrons. The maximum atomic E-state index is 14.6. The minimum atomic E-state index is -4.83. The summed E-state index contributed by atoms with van der Waals surface area (Å²) in [5.74, 6) is -1.58. The minimum absolute atomic E-state index is 0. The normalized spacial score (nSPS) is 16.8. The van der Waals surface area contributed by atoms with E-state index in [2.05, 4.69) is 9.97 Å². The van der Waals surface area contributed by atoms with Crippen molar-refractivity contribution in [2.75, 3.05) is 5.73 Å². The van der Waals surface area contributed by atoms with Crippen LogP contribution in [-0.4, -0.2) is 33.3 Å². The molecule has 2 aromatic heterocycles. The van der Waals surface area contributed by atoms with Crippen molar-refractivity contribution in [3.63, 3.8) is 0 Å². The molecule has 2 heterocycles. The average Bonchev–Trinajstić information content (AvgIpc) is 3.35. The zero-order valence-electron chi connectivity index (χ0n) is 22.0. The number of halogens is 5. The van der Waals surface area contributed by atoms with Gasteiger partial charge >= 0.3 is 12.1 Å². The molecule has 0 amide bonds. The Morgan fingerprint density at radius 3 is 2.62 bits per heavy atom. The predicted octanol–water partition coefficient (Wildman–Crippen LogP) is 7.22. The molecular formula is C29H27Cl2F3N4O4. The van der Waals surface area contributed by atoms with Gasteiger partial charge < -0.3 is 25.7 Å². The third-order valence-corrected chi connectivity index (χ3v) is 7.31. The van der Waals surface area contributed by atoms with Gasteiger partial charge in [0.2, 0.25) is 17.9 Å². The van der Waals surface area contributed by atoms with E-state index in [0.29, 0.717) is 47.9 Å². The number of aromatic nitrogens is 2. The lowest BCUT2D eigenvalue weighted by molar-refractivity contribution is -0.198. The van der Waals surface area contributed by atoms with Crippen molar-refractivity contribution < 1.29 is 32.2 Å². The summed E-state index contributed by atoms with van der Waals surface area (Å²) in [5.41, 5.74) is 13.6. The lowest BCUT2D eigenvalue weighted by atomic mass is 9.84. The number of fused-ring (bicyclic) bond motifs is 1. The maximum absolute atomic E-state index is 14.6. The number of anilines is 1. The van der Waals surface area contributed by atoms with Gasteiger partial charge in [0, 0.05) is 27.6 Å². The van der Waals surface area contributed by atoms with Crippen molar-refractivity contribution in [3.8, 4) is 17.0 Å². The molecule has 3 atom stereocenters. The van der Waals surface area contributed by atoms with E-state index in [0.717, 1.165) is 5.57 Å². The molecule has 0 saturated carbocycles. The van der Waals surface area contributed by atoms with Gasteiger partial charge in [-0.05, 0) is 60.9 Å². The summed E-state index contributed by atoms with van der Waals surface area (Å²) >= 11 is 6.21. The predicted molar refractivity (Wildman–Crippen MR) is 155 cm³/mol. The number of alkyl halides is 3. The van der Waals surface area contributed by atoms with Crippen molar-refractivity contribution >= 4 is 52.5 Å². The summed E-state index contributed by atoms with van der Waals surface area (Å²) in [6.07, 6.45) is -1.95. The Hall–Kier alpha value is -3.80. The number of hydrogen-bond donors (Lipinski definition) is 3. The number of nitrogens with two attached hydrogens (primary N) is 2. The number of allylic oxidation sites excluding steroid dienone is 2. The quantitative estimate of drug-likeness (QED) is 0.187. The number of aliphatic carboxylic acids is 1. The van der Waals surface area contributed by atoms with E-state index in [1.54, 1.807) is 24.3 Å². The first-order valence-corrected chi connectivity index (χ1v) is 13.2. The highest BCUT2D eigenvalue weighted by molar-refractivity contribution is 6.31. The van der Waals surface area contributed by atoms with Crippen LogP contribution in [0.5, 0.6) is 5.88 Å². The van der Waals surface area contributed by atoms with Crippen molar-refractivity contribution in [1.29, 1.82) is 0 Å². The number of carboxylic acids is 1. The van der Waals surface area contributed by atoms with Gasteiger partial charge in [-0.25, -0.2) is 4.98 Å². The van der Waals surface area contributed by atoms with Gasteiger partial charge in [0.25, 0.3) is 0 Å². The molecule has 0 aliphatic heterocycles. The van der Waals surface area contributed by atoms with Crippen molar-refractivity contribution in [2.24, 2.45) is 11.7 Å². The van der Waals surface area contributed by atoms with Crippen LogP contribution in [0.25, 0.3) is 27.7 Å². The molecule has 5 N–H and O–H groups in total. The topological polar surface area (TPSA) is 137 Å². The monoisotopic (exact) mass is 622 g/mol. The molecule has 4 aromatic rings. The standard InChI is InChI=1S/C29H26ClF3N4O4.ClH/c30-17-9-10-19(20(12-17)21-14-40-24-4-2-1-3-18(21)24)26(29(31,32)33)41-25-13-23(36-28(35)37-25)16-7-5-15(6-8-16)11-22(34)27(38)39;/h1-4,7,9-10,12-15,22,26H,5-6,8,11,34H2,(H,38,39)(H2,35,36,37);1H. The smallest absolute Gasteiger partial charge is 0.429 e. The highest BCUT2D eigenvalue weighted by Crippen LogP contribution is 2.44. The minimum Gasteiger partial charge on any atom is -0.480 e. The molecule has 0 bridgehead atoms. The zero-order valence-corrected chi connectivity index (χ0v) is 23.5. The number of furan rings is 1. The molecule has 0 saturated heterocycles. The van der Waals surface area contributed by atoms with Crippen molar-refractivity contribution in [3.05, 3.63) is 77.2 Å². The second-order valence-electron chi connectivity index (χ2n) is 9.92. The number of carboxylic acid groups (broad SMARTS) is 1. The SMILES string of the molecule is Cl.Nc1nc(OC(c2ccc(Cl)cc2-c2coc3ccccc23)C(F)(F)F)cc(C2=CCC(CC(N)C(=O)O)CC2)n1. The summed E-state index contributed by atoms with van der Waals surface area (Å²) in [7, 11) is 0. The Kier molecular flexibility index (Phi) is 9.34. The Balaban J connectivity index is 0.00000405. The van der Waals surface area contributed by atoms with E-state index in [4.69, 9.17) is 37.3 Å². The molecule has 2 aromatic carbocycles. The summed E-state index contributed by atoms with van der Waals surface area (Å²) in [5, 5.41) is 9.94. The zero-order chi connectivity index (χ0) is 29.3. The second kappa shape index (κ2) is 12.6. The summed E-state index contributed by atoms with van der Waals surface area (Å²) < 4.78 is 54.8. The summed E-state index contributed by atoms with van der Waals surface area (Å²) in [6.45, 7) is 0. The number of nitrogens with zero attached hydrogens (tertiary/aromatic N) is 2. The number of rotatable bonds is 8. The van der Waals surface area contributed by atoms with Crippen LogP contribution in [0.1, 0.15) is 43.0 Å². The van der Waals surface area contributed by atoms with Gasteiger partial charge in [-0.2, -0.15) is 18.2 Å². The molecule has 1 aliphatic rings. The summed E-state index contributed by atoms with van der Waals surface area (Å²) in [6, 6.07) is 11.4. The molecule has 1 aliphatic carbocycles. The van der Waals surface area contributed by atoms with E-state index >= 15 is 0 Å². The first-order chi connectivity index (χ1) is 19.5. The Morgan fingerprint density at radius 1 is 1.17 bits per heavy atom. The first kappa shape index (κ1) is 31.1. The highest BCUT2D eigenvalue weighted by atomic mass is 35.5. The van der Waals surface area contributed by atoms with Crippen LogP contribution >= 0.6 is 24.0 Å². The number of nitrogen functional groups attached to an aromatic ring is 1. The molecule has 5 rings (SSSR count). The largest absolute Gasteiger partial charge is 0.480 e. The molecule has 0 radical (unpaired) electrons. The van der Waals surface area contributed by atoms with Crippen molar-refractivity contribution in [2.45, 2.75) is 44.0 Å². The number of ether oxygens (including phenoxy) is 1. The van der Waals surface area contributed by atoms with Crippen LogP contribution < -0.4 is 16.2 Å². The number of carbonyl (C=O) groups is 1. The number of benzene rings is 2. The Labute approximate surface area is 249 Å². The molecule has 13 heteroatoms. The van der Waals surface area contributed by atoms with Gasteiger partial charge in [-0.3, -0.25) is 4.79 Å². The van der Waals surface area contributed by atoms with Crippen LogP contribution in [0, 0.1) is 5.92 Å². The van der Waals surface area contributed by atoms with Gasteiger partial charge in [-0.1, -0.05) is 41.9 Å². The van der Waals surface area contributed by atoms with Crippen LogP contribution in [-0.2, 0) is 4.79 Å². The lowest BCUT2D eigenvalue weighted by Gasteiger charge is -2.25. The average molecular weight is 623 g/mol. The Morgan fingerprint density at radius 2 is 1.93 bits per heavy atom. The van der Waals surface area contributed by atoms with Gasteiger partial charge in [-0.15, -0.1) is 12.4 Å². The second-order valence-corrected chi connectivity index (χ2v) is 10.4. The van der Waals surface area contributed by atoms with E-state index in [1.165, 1.54) is 30.5 Å². The number of para-hydroxylation sites is 1. The molecule has 0 fully saturated rings. The van der Waals surface area contributed by atoms with E-state index in [-0.39, 0.29) is 46.3 Å². The fourth-order valence-corrected chi connectivity index (χ4v) is 5.24. The molecule has 8 nitrogen and oxygen atoms in total. The van der Waals surface area contributed by atoms with Gasteiger partial charge in [0.15, 0.2) is 0 Å². The highest BCUT2D eigenvalue weighted by Gasteiger charge is 2.45. The number of hydrogen-bond acceptors (Lipinski definition) is 7. The lowest BCUT2D eigenvalue weighted by Crippen LogP contribution is -2.32. The van der Waals surface area contributed by atoms with Crippen LogP contribution in [0.2, 0.25) is 5.02 Å². The molecule has 0 spiro atoms. The Bertz CT molecular complexity index is 1630. The van der Waals surface area contributed by atoms with Crippen LogP contribution in [0.15, 0.2) is 65.3 Å². The fraction of sp³-hybridized carbons (Fsp3) is 0.276. The fourth-order valence-electron chi connectivity index (χ4n) is 5.07. The van der Waals surface area contributed by atoms with Crippen LogP contribution in [0.3, 0.4) is 0 Å². The molecular weight excluding hydrogens is 596 g/mol. The van der Waals surface area contributed by atoms with Crippen molar-refractivity contribution in [1.82, 2.24) is 9.97 Å². The van der Waals surface area contributed by atoms with E-state index in [1.807, 2.05) is 6.08 Å². The third-order valence-electron chi connectivity index (χ3n) is 7.08.